The third-order valence-electron chi connectivity index (χ3n) is 6.02. The molecule has 0 saturated heterocycles. The highest BCUT2D eigenvalue weighted by Crippen LogP contribution is 2.39. The maximum absolute atomic E-state index is 4.81. The van der Waals surface area contributed by atoms with E-state index in [1.54, 1.807) is 11.9 Å². The molecule has 1 fully saturated rings. The lowest BCUT2D eigenvalue weighted by Gasteiger charge is -2.07. The van der Waals surface area contributed by atoms with Crippen molar-refractivity contribution in [2.24, 2.45) is 0 Å². The van der Waals surface area contributed by atoms with Gasteiger partial charge >= 0.3 is 0 Å². The molecule has 3 aromatic heterocycles. The van der Waals surface area contributed by atoms with E-state index in [0.29, 0.717) is 5.92 Å². The summed E-state index contributed by atoms with van der Waals surface area (Å²) in [5.41, 5.74) is 5.76. The predicted octanol–water partition coefficient (Wildman–Crippen LogP) is 5.97. The monoisotopic (exact) mass is 452 g/mol. The van der Waals surface area contributed by atoms with Gasteiger partial charge in [0.1, 0.15) is 0 Å². The minimum atomic E-state index is 0.711. The van der Waals surface area contributed by atoms with Crippen LogP contribution in [0, 0.1) is 6.92 Å². The first kappa shape index (κ1) is 20.1. The molecule has 0 spiro atoms. The fourth-order valence-corrected chi connectivity index (χ4v) is 4.82. The lowest BCUT2D eigenvalue weighted by Crippen LogP contribution is -2.01. The van der Waals surface area contributed by atoms with Crippen molar-refractivity contribution in [2.45, 2.75) is 37.1 Å². The molecule has 6 rings (SSSR count). The van der Waals surface area contributed by atoms with E-state index < -0.39 is 0 Å². The van der Waals surface area contributed by atoms with Gasteiger partial charge in [-0.25, -0.2) is 9.67 Å². The minimum Gasteiger partial charge on any atom is -0.325 e. The van der Waals surface area contributed by atoms with Gasteiger partial charge in [-0.1, -0.05) is 42.5 Å². The van der Waals surface area contributed by atoms with Crippen LogP contribution in [0.5, 0.6) is 0 Å². The summed E-state index contributed by atoms with van der Waals surface area (Å²) in [6, 6.07) is 20.9. The van der Waals surface area contributed by atoms with E-state index in [1.807, 2.05) is 35.4 Å². The highest BCUT2D eigenvalue weighted by atomic mass is 32.2. The van der Waals surface area contributed by atoms with Crippen molar-refractivity contribution in [1.29, 1.82) is 0 Å². The van der Waals surface area contributed by atoms with Crippen molar-refractivity contribution in [3.05, 3.63) is 96.1 Å². The van der Waals surface area contributed by atoms with E-state index in [1.165, 1.54) is 24.0 Å². The molecule has 1 aliphatic carbocycles. The van der Waals surface area contributed by atoms with Crippen LogP contribution in [0.4, 0.5) is 5.69 Å². The van der Waals surface area contributed by atoms with Gasteiger partial charge in [0.15, 0.2) is 5.82 Å². The van der Waals surface area contributed by atoms with E-state index in [9.17, 15) is 0 Å². The van der Waals surface area contributed by atoms with E-state index >= 15 is 0 Å². The Morgan fingerprint density at radius 2 is 1.88 bits per heavy atom. The van der Waals surface area contributed by atoms with Gasteiger partial charge in [0.25, 0.3) is 0 Å². The van der Waals surface area contributed by atoms with E-state index in [4.69, 9.17) is 5.10 Å². The average molecular weight is 453 g/mol. The summed E-state index contributed by atoms with van der Waals surface area (Å²) in [5, 5.41) is 10.5. The minimum absolute atomic E-state index is 0.711. The molecule has 6 nitrogen and oxygen atoms in total. The Kier molecular flexibility index (Phi) is 5.11. The first-order valence-electron chi connectivity index (χ1n) is 11.2. The number of benzene rings is 2. The Morgan fingerprint density at radius 1 is 1.00 bits per heavy atom. The lowest BCUT2D eigenvalue weighted by molar-refractivity contribution is 0.703. The van der Waals surface area contributed by atoms with Crippen LogP contribution in [0.2, 0.25) is 0 Å². The van der Waals surface area contributed by atoms with Gasteiger partial charge in [-0.05, 0) is 67.0 Å². The Balaban J connectivity index is 1.20. The van der Waals surface area contributed by atoms with Crippen molar-refractivity contribution < 1.29 is 0 Å². The third-order valence-corrected chi connectivity index (χ3v) is 6.79. The average Bonchev–Trinajstić information content (AvgIpc) is 3.51. The molecule has 5 aromatic rings. The van der Waals surface area contributed by atoms with Crippen LogP contribution < -0.4 is 4.72 Å². The molecule has 3 heterocycles. The molecule has 0 amide bonds. The van der Waals surface area contributed by atoms with Gasteiger partial charge in [0.05, 0.1) is 34.5 Å². The second kappa shape index (κ2) is 8.41. The number of pyridine rings is 1. The van der Waals surface area contributed by atoms with Gasteiger partial charge in [-0.15, -0.1) is 0 Å². The molecular weight excluding hydrogens is 428 g/mol. The Morgan fingerprint density at radius 3 is 2.67 bits per heavy atom. The summed E-state index contributed by atoms with van der Waals surface area (Å²) >= 11 is 1.55. The lowest BCUT2D eigenvalue weighted by atomic mass is 10.2. The number of anilines is 1. The van der Waals surface area contributed by atoms with Crippen molar-refractivity contribution in [3.8, 4) is 5.82 Å². The largest absolute Gasteiger partial charge is 0.325 e. The second-order valence-corrected chi connectivity index (χ2v) is 9.36. The van der Waals surface area contributed by atoms with Crippen LogP contribution in [-0.2, 0) is 6.54 Å². The van der Waals surface area contributed by atoms with Crippen LogP contribution >= 0.6 is 11.9 Å². The molecule has 1 aliphatic rings. The summed E-state index contributed by atoms with van der Waals surface area (Å²) in [4.78, 5) is 5.61. The number of nitrogens with zero attached hydrogens (tertiary/aromatic N) is 5. The molecule has 0 atom stereocenters. The van der Waals surface area contributed by atoms with E-state index in [0.717, 1.165) is 39.5 Å². The first-order chi connectivity index (χ1) is 16.2. The first-order valence-corrected chi connectivity index (χ1v) is 12.0. The Labute approximate surface area is 196 Å². The summed E-state index contributed by atoms with van der Waals surface area (Å²) < 4.78 is 7.41. The number of rotatable bonds is 7. The third kappa shape index (κ3) is 4.12. The fraction of sp³-hybridized carbons (Fsp3) is 0.192. The van der Waals surface area contributed by atoms with Gasteiger partial charge in [-0.3, -0.25) is 4.68 Å². The highest BCUT2D eigenvalue weighted by Gasteiger charge is 2.23. The molecule has 164 valence electrons. The van der Waals surface area contributed by atoms with Crippen molar-refractivity contribution >= 4 is 28.5 Å². The molecule has 0 radical (unpaired) electrons. The van der Waals surface area contributed by atoms with Crippen LogP contribution in [-0.4, -0.2) is 24.5 Å². The number of fused-ring (bicyclic) bond motifs is 1. The Hall–Kier alpha value is -3.58. The number of aromatic nitrogens is 5. The van der Waals surface area contributed by atoms with Gasteiger partial charge in [0, 0.05) is 17.8 Å². The van der Waals surface area contributed by atoms with Crippen molar-refractivity contribution in [3.63, 3.8) is 0 Å². The fourth-order valence-electron chi connectivity index (χ4n) is 4.17. The molecule has 2 aromatic carbocycles. The standard InChI is InChI=1S/C26H24N6S/c1-18-26-23(8-5-9-24(26)31(29-18)16-19-6-3-2-4-7-19)30-33-22-15-28-32(17-22)25-13-12-21(14-27-25)20-10-11-20/h2-9,12-15,17,20,30H,10-11,16H2,1H3. The highest BCUT2D eigenvalue weighted by molar-refractivity contribution is 8.00. The summed E-state index contributed by atoms with van der Waals surface area (Å²) in [6.07, 6.45) is 8.41. The normalized spacial score (nSPS) is 13.5. The quantitative estimate of drug-likeness (QED) is 0.308. The van der Waals surface area contributed by atoms with E-state index in [2.05, 4.69) is 74.9 Å². The van der Waals surface area contributed by atoms with Gasteiger partial charge in [-0.2, -0.15) is 10.2 Å². The molecular formula is C26H24N6S. The van der Waals surface area contributed by atoms with Gasteiger partial charge in [0.2, 0.25) is 0 Å². The zero-order chi connectivity index (χ0) is 22.2. The number of hydrogen-bond donors (Lipinski definition) is 1. The SMILES string of the molecule is Cc1nn(Cc2ccccc2)c2cccc(NSc3cnn(-c4ccc(C5CC5)cn4)c3)c12. The Bertz CT molecular complexity index is 1400. The maximum atomic E-state index is 4.81. The zero-order valence-electron chi connectivity index (χ0n) is 18.3. The van der Waals surface area contributed by atoms with E-state index in [-0.39, 0.29) is 0 Å². The summed E-state index contributed by atoms with van der Waals surface area (Å²) in [5.74, 6) is 1.55. The van der Waals surface area contributed by atoms with Crippen LogP contribution in [0.3, 0.4) is 0 Å². The molecule has 1 saturated carbocycles. The molecule has 1 N–H and O–H groups in total. The van der Waals surface area contributed by atoms with Crippen molar-refractivity contribution in [1.82, 2.24) is 24.5 Å². The topological polar surface area (TPSA) is 60.6 Å². The zero-order valence-corrected chi connectivity index (χ0v) is 19.2. The number of nitrogens with one attached hydrogen (secondary N) is 1. The second-order valence-electron chi connectivity index (χ2n) is 8.48. The van der Waals surface area contributed by atoms with Crippen LogP contribution in [0.1, 0.15) is 35.6 Å². The number of aryl methyl sites for hydroxylation is 1. The summed E-state index contributed by atoms with van der Waals surface area (Å²) in [7, 11) is 0. The predicted molar refractivity (Wildman–Crippen MR) is 133 cm³/mol. The smallest absolute Gasteiger partial charge is 0.153 e. The van der Waals surface area contributed by atoms with Crippen LogP contribution in [0.15, 0.2) is 84.1 Å². The molecule has 0 aliphatic heterocycles. The molecule has 7 heteroatoms. The summed E-state index contributed by atoms with van der Waals surface area (Å²) in [6.45, 7) is 2.82. The molecule has 0 unspecified atom stereocenters. The molecule has 0 bridgehead atoms. The van der Waals surface area contributed by atoms with Crippen LogP contribution in [0.25, 0.3) is 16.7 Å². The molecule has 33 heavy (non-hydrogen) atoms. The number of hydrogen-bond acceptors (Lipinski definition) is 5. The van der Waals surface area contributed by atoms with Gasteiger partial charge < -0.3 is 4.72 Å². The maximum Gasteiger partial charge on any atom is 0.153 e. The van der Waals surface area contributed by atoms with Crippen molar-refractivity contribution in [2.75, 3.05) is 4.72 Å².